The van der Waals surface area contributed by atoms with Crippen LogP contribution in [0.25, 0.3) is 0 Å². The topological polar surface area (TPSA) is 122 Å². The van der Waals surface area contributed by atoms with Gasteiger partial charge in [-0.05, 0) is 77.5 Å². The Morgan fingerprint density at radius 1 is 1.20 bits per heavy atom. The molecule has 0 amide bonds. The molecule has 0 saturated heterocycles. The van der Waals surface area contributed by atoms with Gasteiger partial charge in [0.05, 0.1) is 37.7 Å². The Bertz CT molecular complexity index is 1710. The van der Waals surface area contributed by atoms with Gasteiger partial charge in [-0.25, -0.2) is 0 Å². The Balaban J connectivity index is 1.67. The van der Waals surface area contributed by atoms with E-state index in [-0.39, 0.29) is 40.2 Å². The molecule has 1 unspecified atom stereocenters. The van der Waals surface area contributed by atoms with Crippen molar-refractivity contribution in [3.05, 3.63) is 119 Å². The number of non-ortho nitro benzene ring substituents is 1. The van der Waals surface area contributed by atoms with Crippen LogP contribution < -0.4 is 15.4 Å². The lowest BCUT2D eigenvalue weighted by Crippen LogP contribution is -2.39. The number of rotatable bonds is 6. The van der Waals surface area contributed by atoms with Crippen LogP contribution in [-0.2, 0) is 11.4 Å². The number of nitro benzene ring substituents is 1. The molecule has 1 aliphatic carbocycles. The average molecular weight is 634 g/mol. The van der Waals surface area contributed by atoms with Gasteiger partial charge in [0.2, 0.25) is 0 Å². The molecule has 0 radical (unpaired) electrons. The van der Waals surface area contributed by atoms with Crippen LogP contribution in [-0.4, -0.2) is 10.7 Å². The first-order chi connectivity index (χ1) is 19.6. The van der Waals surface area contributed by atoms with Crippen molar-refractivity contribution >= 4 is 44.7 Å². The Kier molecular flexibility index (Phi) is 7.89. The van der Waals surface area contributed by atoms with Gasteiger partial charge < -0.3 is 10.5 Å². The van der Waals surface area contributed by atoms with E-state index in [9.17, 15) is 20.2 Å². The van der Waals surface area contributed by atoms with Gasteiger partial charge in [0.15, 0.2) is 5.78 Å². The molecule has 208 valence electrons. The van der Waals surface area contributed by atoms with Gasteiger partial charge >= 0.3 is 0 Å². The number of nitriles is 1. The Labute approximate surface area is 250 Å². The predicted octanol–water partition coefficient (Wildman–Crippen LogP) is 7.51. The number of carbonyl (C=O) groups excluding carboxylic acids is 1. The first kappa shape index (κ1) is 28.4. The van der Waals surface area contributed by atoms with Crippen LogP contribution in [0.5, 0.6) is 5.75 Å². The van der Waals surface area contributed by atoms with Gasteiger partial charge in [-0.2, -0.15) is 5.26 Å². The molecule has 1 atom stereocenters. The number of aryl methyl sites for hydroxylation is 1. The molecule has 2 N–H and O–H groups in total. The molecule has 41 heavy (non-hydrogen) atoms. The second-order valence-electron chi connectivity index (χ2n) is 10.1. The number of hydrogen-bond acceptors (Lipinski definition) is 7. The van der Waals surface area contributed by atoms with E-state index < -0.39 is 10.8 Å². The van der Waals surface area contributed by atoms with Crippen LogP contribution in [0.3, 0.4) is 0 Å². The van der Waals surface area contributed by atoms with E-state index in [1.54, 1.807) is 4.90 Å². The number of nitrogens with zero attached hydrogens (tertiary/aromatic N) is 3. The standard InChI is InChI=1S/C31H26BrClN4O4/c1-17-12-19(16-41-28-9-4-3-6-23(28)32)18(2)21(13-17)29-22(15-34)31(35)36(25-7-5-8-27(38)30(25)29)26-14-20(37(39)40)10-11-24(26)33/h3-4,6,9-14,29H,5,7-8,16,35H2,1-2H3. The molecule has 0 saturated carbocycles. The van der Waals surface area contributed by atoms with Crippen molar-refractivity contribution in [2.75, 3.05) is 4.90 Å². The Morgan fingerprint density at radius 3 is 2.66 bits per heavy atom. The maximum absolute atomic E-state index is 13.6. The number of hydrogen-bond donors (Lipinski definition) is 1. The summed E-state index contributed by atoms with van der Waals surface area (Å²) in [6.45, 7) is 4.20. The number of benzene rings is 3. The maximum Gasteiger partial charge on any atom is 0.271 e. The molecule has 0 aromatic heterocycles. The fourth-order valence-electron chi connectivity index (χ4n) is 5.59. The Hall–Kier alpha value is -4.13. The lowest BCUT2D eigenvalue weighted by Gasteiger charge is -2.40. The fourth-order valence-corrected chi connectivity index (χ4v) is 6.19. The van der Waals surface area contributed by atoms with Gasteiger partial charge in [0.1, 0.15) is 18.2 Å². The second kappa shape index (κ2) is 11.4. The number of allylic oxidation sites excluding steroid dienone is 3. The van der Waals surface area contributed by atoms with Crippen molar-refractivity contribution in [3.8, 4) is 11.8 Å². The maximum atomic E-state index is 13.6. The SMILES string of the molecule is Cc1cc(COc2ccccc2Br)c(C)c(C2C(C#N)=C(N)N(c3cc([N+](=O)[O-])ccc3Cl)C3=C2C(=O)CCC3)c1. The number of ketones is 1. The molecule has 0 spiro atoms. The lowest BCUT2D eigenvalue weighted by molar-refractivity contribution is -0.384. The minimum absolute atomic E-state index is 0.0880. The van der Waals surface area contributed by atoms with Gasteiger partial charge in [-0.1, -0.05) is 41.4 Å². The molecular formula is C31H26BrClN4O4. The predicted molar refractivity (Wildman–Crippen MR) is 160 cm³/mol. The Morgan fingerprint density at radius 2 is 1.95 bits per heavy atom. The average Bonchev–Trinajstić information content (AvgIpc) is 2.94. The van der Waals surface area contributed by atoms with Crippen LogP contribution in [0, 0.1) is 35.3 Å². The van der Waals surface area contributed by atoms with Crippen LogP contribution in [0.15, 0.2) is 81.7 Å². The zero-order valence-corrected chi connectivity index (χ0v) is 24.8. The third-order valence-corrected chi connectivity index (χ3v) is 8.50. The highest BCUT2D eigenvalue weighted by atomic mass is 79.9. The zero-order chi connectivity index (χ0) is 29.4. The first-order valence-corrected chi connectivity index (χ1v) is 14.2. The normalized spacial score (nSPS) is 16.9. The van der Waals surface area contributed by atoms with Crippen molar-refractivity contribution in [2.45, 2.75) is 45.6 Å². The number of nitrogens with two attached hydrogens (primary N) is 1. The molecule has 1 aliphatic heterocycles. The number of carbonyl (C=O) groups is 1. The number of nitro groups is 1. The van der Waals surface area contributed by atoms with Crippen LogP contribution in [0.4, 0.5) is 11.4 Å². The number of para-hydroxylation sites is 1. The highest BCUT2D eigenvalue weighted by Gasteiger charge is 2.41. The summed E-state index contributed by atoms with van der Waals surface area (Å²) in [5, 5.41) is 22.2. The molecule has 5 rings (SSSR count). The highest BCUT2D eigenvalue weighted by Crippen LogP contribution is 2.49. The van der Waals surface area contributed by atoms with E-state index in [1.807, 2.05) is 50.2 Å². The molecule has 8 nitrogen and oxygen atoms in total. The summed E-state index contributed by atoms with van der Waals surface area (Å²) in [4.78, 5) is 26.2. The van der Waals surface area contributed by atoms with E-state index in [2.05, 4.69) is 22.0 Å². The summed E-state index contributed by atoms with van der Waals surface area (Å²) >= 11 is 10.0. The molecule has 10 heteroatoms. The highest BCUT2D eigenvalue weighted by molar-refractivity contribution is 9.10. The number of ether oxygens (including phenoxy) is 1. The second-order valence-corrected chi connectivity index (χ2v) is 11.3. The summed E-state index contributed by atoms with van der Waals surface area (Å²) in [5.74, 6) is 0.0142. The zero-order valence-electron chi connectivity index (χ0n) is 22.4. The minimum atomic E-state index is -0.696. The van der Waals surface area contributed by atoms with Crippen LogP contribution in [0.2, 0.25) is 5.02 Å². The third kappa shape index (κ3) is 5.21. The largest absolute Gasteiger partial charge is 0.488 e. The van der Waals surface area contributed by atoms with Crippen molar-refractivity contribution in [1.29, 1.82) is 5.26 Å². The van der Waals surface area contributed by atoms with Crippen molar-refractivity contribution < 1.29 is 14.5 Å². The number of anilines is 1. The van der Waals surface area contributed by atoms with E-state index in [1.165, 1.54) is 18.2 Å². The third-order valence-electron chi connectivity index (χ3n) is 7.53. The van der Waals surface area contributed by atoms with Gasteiger partial charge in [-0.15, -0.1) is 0 Å². The monoisotopic (exact) mass is 632 g/mol. The minimum Gasteiger partial charge on any atom is -0.488 e. The molecule has 3 aromatic carbocycles. The fraction of sp³-hybridized carbons (Fsp3) is 0.226. The first-order valence-electron chi connectivity index (χ1n) is 13.0. The quantitative estimate of drug-likeness (QED) is 0.220. The number of Topliss-reactive ketones (excluding diaryl/α,β-unsaturated/α-hetero) is 1. The van der Waals surface area contributed by atoms with Gasteiger partial charge in [0, 0.05) is 29.8 Å². The van der Waals surface area contributed by atoms with E-state index in [0.717, 1.165) is 26.7 Å². The molecule has 2 aliphatic rings. The van der Waals surface area contributed by atoms with Crippen LogP contribution in [0.1, 0.15) is 47.4 Å². The lowest BCUT2D eigenvalue weighted by atomic mass is 9.73. The van der Waals surface area contributed by atoms with Crippen molar-refractivity contribution in [3.63, 3.8) is 0 Å². The summed E-state index contributed by atoms with van der Waals surface area (Å²) < 4.78 is 6.95. The summed E-state index contributed by atoms with van der Waals surface area (Å²) in [5.41, 5.74) is 11.6. The smallest absolute Gasteiger partial charge is 0.271 e. The summed E-state index contributed by atoms with van der Waals surface area (Å²) in [6.07, 6.45) is 1.41. The van der Waals surface area contributed by atoms with Gasteiger partial charge in [-0.3, -0.25) is 19.8 Å². The van der Waals surface area contributed by atoms with Crippen molar-refractivity contribution in [2.24, 2.45) is 5.73 Å². The van der Waals surface area contributed by atoms with E-state index in [0.29, 0.717) is 36.3 Å². The molecular weight excluding hydrogens is 608 g/mol. The van der Waals surface area contributed by atoms with Gasteiger partial charge in [0.25, 0.3) is 5.69 Å². The van der Waals surface area contributed by atoms with E-state index in [4.69, 9.17) is 22.1 Å². The number of halogens is 2. The summed E-state index contributed by atoms with van der Waals surface area (Å²) in [7, 11) is 0. The molecule has 3 aromatic rings. The molecule has 0 bridgehead atoms. The van der Waals surface area contributed by atoms with Crippen molar-refractivity contribution in [1.82, 2.24) is 0 Å². The van der Waals surface area contributed by atoms with Crippen LogP contribution >= 0.6 is 27.5 Å². The summed E-state index contributed by atoms with van der Waals surface area (Å²) in [6, 6.07) is 17.9. The molecule has 1 heterocycles. The molecule has 0 fully saturated rings. The van der Waals surface area contributed by atoms with E-state index >= 15 is 0 Å².